The SMILES string of the molecule is C/C=C/c1ccc(C2CCN(S)CC2)nc1. The highest BCUT2D eigenvalue weighted by molar-refractivity contribution is 7.77. The zero-order valence-electron chi connectivity index (χ0n) is 9.63. The van der Waals surface area contributed by atoms with Crippen LogP contribution in [0.15, 0.2) is 24.4 Å². The number of nitrogens with zero attached hydrogens (tertiary/aromatic N) is 2. The second kappa shape index (κ2) is 5.51. The second-order valence-electron chi connectivity index (χ2n) is 4.24. The number of rotatable bonds is 2. The Labute approximate surface area is 103 Å². The molecule has 1 aromatic rings. The van der Waals surface area contributed by atoms with Crippen molar-refractivity contribution in [2.24, 2.45) is 0 Å². The van der Waals surface area contributed by atoms with E-state index < -0.39 is 0 Å². The summed E-state index contributed by atoms with van der Waals surface area (Å²) in [6, 6.07) is 4.31. The average Bonchev–Trinajstić information content (AvgIpc) is 2.32. The van der Waals surface area contributed by atoms with Crippen molar-refractivity contribution < 1.29 is 0 Å². The number of aromatic nitrogens is 1. The molecule has 0 N–H and O–H groups in total. The third-order valence-corrected chi connectivity index (χ3v) is 3.46. The Kier molecular flexibility index (Phi) is 4.02. The van der Waals surface area contributed by atoms with Crippen LogP contribution in [0.1, 0.15) is 36.9 Å². The van der Waals surface area contributed by atoms with Crippen LogP contribution in [-0.2, 0) is 0 Å². The Morgan fingerprint density at radius 3 is 2.69 bits per heavy atom. The van der Waals surface area contributed by atoms with E-state index in [2.05, 4.69) is 40.3 Å². The molecular formula is C13H18N2S. The van der Waals surface area contributed by atoms with Gasteiger partial charge in [-0.1, -0.05) is 31.0 Å². The smallest absolute Gasteiger partial charge is 0.0435 e. The Hall–Kier alpha value is -0.800. The van der Waals surface area contributed by atoms with Crippen LogP contribution < -0.4 is 0 Å². The lowest BCUT2D eigenvalue weighted by atomic mass is 9.94. The maximum absolute atomic E-state index is 4.55. The maximum atomic E-state index is 4.55. The summed E-state index contributed by atoms with van der Waals surface area (Å²) >= 11 is 4.36. The number of thiol groups is 1. The van der Waals surface area contributed by atoms with E-state index in [-0.39, 0.29) is 0 Å². The monoisotopic (exact) mass is 234 g/mol. The molecule has 0 bridgehead atoms. The Morgan fingerprint density at radius 1 is 1.38 bits per heavy atom. The average molecular weight is 234 g/mol. The quantitative estimate of drug-likeness (QED) is 0.791. The minimum absolute atomic E-state index is 0.614. The van der Waals surface area contributed by atoms with Gasteiger partial charge in [-0.2, -0.15) is 0 Å². The summed E-state index contributed by atoms with van der Waals surface area (Å²) in [5.74, 6) is 0.614. The molecule has 1 saturated heterocycles. The fourth-order valence-electron chi connectivity index (χ4n) is 2.11. The molecule has 1 fully saturated rings. The maximum Gasteiger partial charge on any atom is 0.0435 e. The predicted molar refractivity (Wildman–Crippen MR) is 71.5 cm³/mol. The molecular weight excluding hydrogens is 216 g/mol. The van der Waals surface area contributed by atoms with E-state index in [0.29, 0.717) is 5.92 Å². The number of allylic oxidation sites excluding steroid dienone is 1. The minimum Gasteiger partial charge on any atom is -0.260 e. The van der Waals surface area contributed by atoms with Crippen molar-refractivity contribution in [2.75, 3.05) is 13.1 Å². The Morgan fingerprint density at radius 2 is 2.12 bits per heavy atom. The molecule has 0 aromatic carbocycles. The van der Waals surface area contributed by atoms with Crippen molar-refractivity contribution in [3.63, 3.8) is 0 Å². The van der Waals surface area contributed by atoms with E-state index in [1.807, 2.05) is 19.2 Å². The zero-order valence-corrected chi connectivity index (χ0v) is 10.5. The molecule has 0 spiro atoms. The van der Waals surface area contributed by atoms with Gasteiger partial charge in [0, 0.05) is 30.9 Å². The van der Waals surface area contributed by atoms with Crippen molar-refractivity contribution in [1.82, 2.24) is 9.29 Å². The van der Waals surface area contributed by atoms with Crippen LogP contribution in [0.25, 0.3) is 6.08 Å². The van der Waals surface area contributed by atoms with Crippen LogP contribution in [-0.4, -0.2) is 22.4 Å². The van der Waals surface area contributed by atoms with Gasteiger partial charge < -0.3 is 0 Å². The summed E-state index contributed by atoms with van der Waals surface area (Å²) in [5, 5.41) is 0. The molecule has 0 radical (unpaired) electrons. The summed E-state index contributed by atoms with van der Waals surface area (Å²) in [4.78, 5) is 4.55. The van der Waals surface area contributed by atoms with Crippen LogP contribution in [0.3, 0.4) is 0 Å². The number of hydrogen-bond donors (Lipinski definition) is 1. The third kappa shape index (κ3) is 2.86. The molecule has 0 amide bonds. The second-order valence-corrected chi connectivity index (χ2v) is 4.81. The molecule has 0 saturated carbocycles. The van der Waals surface area contributed by atoms with Crippen LogP contribution >= 0.6 is 12.8 Å². The van der Waals surface area contributed by atoms with E-state index in [9.17, 15) is 0 Å². The van der Waals surface area contributed by atoms with E-state index in [0.717, 1.165) is 13.1 Å². The molecule has 2 heterocycles. The van der Waals surface area contributed by atoms with Gasteiger partial charge in [-0.15, -0.1) is 0 Å². The highest BCUT2D eigenvalue weighted by Crippen LogP contribution is 2.27. The normalized spacial score (nSPS) is 19.4. The van der Waals surface area contributed by atoms with Crippen LogP contribution in [0.2, 0.25) is 0 Å². The first-order valence-corrected chi connectivity index (χ1v) is 6.22. The van der Waals surface area contributed by atoms with Crippen LogP contribution in [0.5, 0.6) is 0 Å². The lowest BCUT2D eigenvalue weighted by Crippen LogP contribution is -2.25. The molecule has 86 valence electrons. The van der Waals surface area contributed by atoms with Crippen molar-refractivity contribution in [3.05, 3.63) is 35.7 Å². The van der Waals surface area contributed by atoms with Gasteiger partial charge >= 0.3 is 0 Å². The molecule has 2 rings (SSSR count). The van der Waals surface area contributed by atoms with Crippen molar-refractivity contribution in [2.45, 2.75) is 25.7 Å². The van der Waals surface area contributed by atoms with Gasteiger partial charge in [-0.25, -0.2) is 0 Å². The van der Waals surface area contributed by atoms with Gasteiger partial charge in [-0.3, -0.25) is 9.29 Å². The predicted octanol–water partition coefficient (Wildman–Crippen LogP) is 3.14. The summed E-state index contributed by atoms with van der Waals surface area (Å²) < 4.78 is 2.09. The largest absolute Gasteiger partial charge is 0.260 e. The molecule has 3 heteroatoms. The molecule has 0 unspecified atom stereocenters. The Balaban J connectivity index is 2.04. The highest BCUT2D eigenvalue weighted by atomic mass is 32.1. The summed E-state index contributed by atoms with van der Waals surface area (Å²) in [6.07, 6.45) is 8.41. The summed E-state index contributed by atoms with van der Waals surface area (Å²) in [5.41, 5.74) is 2.41. The van der Waals surface area contributed by atoms with Crippen LogP contribution in [0.4, 0.5) is 0 Å². The van der Waals surface area contributed by atoms with Gasteiger partial charge in [-0.05, 0) is 31.4 Å². The number of pyridine rings is 1. The Bertz CT molecular complexity index is 351. The first-order chi connectivity index (χ1) is 7.79. The first-order valence-electron chi connectivity index (χ1n) is 5.82. The van der Waals surface area contributed by atoms with Crippen molar-refractivity contribution in [1.29, 1.82) is 0 Å². The fourth-order valence-corrected chi connectivity index (χ4v) is 2.34. The van der Waals surface area contributed by atoms with E-state index in [1.165, 1.54) is 24.1 Å². The van der Waals surface area contributed by atoms with Gasteiger partial charge in [0.25, 0.3) is 0 Å². The molecule has 2 nitrogen and oxygen atoms in total. The minimum atomic E-state index is 0.614. The standard InChI is InChI=1S/C13H18N2S/c1-2-3-11-4-5-13(14-10-11)12-6-8-15(16)9-7-12/h2-5,10,12,16H,6-9H2,1H3/b3-2+. The molecule has 0 aliphatic carbocycles. The van der Waals surface area contributed by atoms with Crippen LogP contribution in [0, 0.1) is 0 Å². The van der Waals surface area contributed by atoms with Gasteiger partial charge in [0.15, 0.2) is 0 Å². The number of piperidine rings is 1. The molecule has 16 heavy (non-hydrogen) atoms. The molecule has 1 aliphatic rings. The number of hydrogen-bond acceptors (Lipinski definition) is 3. The highest BCUT2D eigenvalue weighted by Gasteiger charge is 2.19. The van der Waals surface area contributed by atoms with Gasteiger partial charge in [0.2, 0.25) is 0 Å². The van der Waals surface area contributed by atoms with E-state index in [4.69, 9.17) is 0 Å². The van der Waals surface area contributed by atoms with E-state index in [1.54, 1.807) is 0 Å². The topological polar surface area (TPSA) is 16.1 Å². The van der Waals surface area contributed by atoms with Crippen molar-refractivity contribution >= 4 is 18.9 Å². The van der Waals surface area contributed by atoms with Gasteiger partial charge in [0.1, 0.15) is 0 Å². The molecule has 1 aliphatic heterocycles. The lowest BCUT2D eigenvalue weighted by molar-refractivity contribution is 0.346. The zero-order chi connectivity index (χ0) is 11.4. The molecule has 1 aromatic heterocycles. The first kappa shape index (κ1) is 11.7. The fraction of sp³-hybridized carbons (Fsp3) is 0.462. The van der Waals surface area contributed by atoms with E-state index >= 15 is 0 Å². The lowest BCUT2D eigenvalue weighted by Gasteiger charge is -2.27. The summed E-state index contributed by atoms with van der Waals surface area (Å²) in [7, 11) is 0. The molecule has 0 atom stereocenters. The third-order valence-electron chi connectivity index (χ3n) is 3.06. The van der Waals surface area contributed by atoms with Crippen molar-refractivity contribution in [3.8, 4) is 0 Å². The summed E-state index contributed by atoms with van der Waals surface area (Å²) in [6.45, 7) is 4.15. The van der Waals surface area contributed by atoms with Gasteiger partial charge in [0.05, 0.1) is 0 Å².